The van der Waals surface area contributed by atoms with Gasteiger partial charge in [-0.3, -0.25) is 4.79 Å². The molecule has 2 fully saturated rings. The number of carbonyl (C=O) groups excluding carboxylic acids is 1. The Hall–Kier alpha value is -2.79. The van der Waals surface area contributed by atoms with Crippen molar-refractivity contribution in [3.63, 3.8) is 0 Å². The van der Waals surface area contributed by atoms with Gasteiger partial charge in [-0.05, 0) is 61.9 Å². The van der Waals surface area contributed by atoms with Crippen LogP contribution in [0.2, 0.25) is 0 Å². The van der Waals surface area contributed by atoms with Crippen LogP contribution < -0.4 is 4.74 Å². The first-order valence-electron chi connectivity index (χ1n) is 10.7. The average Bonchev–Trinajstić information content (AvgIpc) is 3.43. The molecule has 5 rings (SSSR count). The van der Waals surface area contributed by atoms with Crippen molar-refractivity contribution in [2.24, 2.45) is 5.41 Å². The second-order valence-corrected chi connectivity index (χ2v) is 8.88. The predicted octanol–water partition coefficient (Wildman–Crippen LogP) is 4.08. The highest BCUT2D eigenvalue weighted by Gasteiger charge is 2.57. The zero-order valence-corrected chi connectivity index (χ0v) is 17.5. The van der Waals surface area contributed by atoms with Gasteiger partial charge in [0, 0.05) is 28.4 Å². The van der Waals surface area contributed by atoms with Crippen LogP contribution >= 0.6 is 0 Å². The Bertz CT molecular complexity index is 1090. The van der Waals surface area contributed by atoms with Crippen LogP contribution in [0.3, 0.4) is 0 Å². The van der Waals surface area contributed by atoms with Crippen LogP contribution in [-0.4, -0.2) is 46.7 Å². The van der Waals surface area contributed by atoms with Crippen LogP contribution in [0, 0.1) is 12.3 Å². The van der Waals surface area contributed by atoms with E-state index in [1.54, 1.807) is 7.11 Å². The van der Waals surface area contributed by atoms with E-state index in [-0.39, 0.29) is 30.0 Å². The SMILES string of the molecule is COc1ccc2[nH]c(C(=O)N3[C@H]4CC[C@@H]3[C@@](CO)(Cc3ccccc3)C4)c(C)c2c1. The van der Waals surface area contributed by atoms with Crippen LogP contribution in [0.25, 0.3) is 10.9 Å². The van der Waals surface area contributed by atoms with E-state index in [0.29, 0.717) is 5.69 Å². The van der Waals surface area contributed by atoms with Gasteiger partial charge in [-0.2, -0.15) is 0 Å². The largest absolute Gasteiger partial charge is 0.497 e. The maximum Gasteiger partial charge on any atom is 0.271 e. The molecule has 0 aliphatic carbocycles. The number of hydrogen-bond donors (Lipinski definition) is 2. The zero-order chi connectivity index (χ0) is 20.9. The van der Waals surface area contributed by atoms with E-state index >= 15 is 0 Å². The summed E-state index contributed by atoms with van der Waals surface area (Å²) in [6.45, 7) is 2.10. The Kier molecular flexibility index (Phi) is 4.58. The molecule has 0 radical (unpaired) electrons. The van der Waals surface area contributed by atoms with Crippen LogP contribution in [0.5, 0.6) is 5.75 Å². The van der Waals surface area contributed by atoms with E-state index in [4.69, 9.17) is 4.74 Å². The third-order valence-electron chi connectivity index (χ3n) is 7.28. The van der Waals surface area contributed by atoms with Gasteiger partial charge in [-0.15, -0.1) is 0 Å². The van der Waals surface area contributed by atoms with E-state index in [1.165, 1.54) is 5.56 Å². The number of fused-ring (bicyclic) bond motifs is 3. The van der Waals surface area contributed by atoms with Crippen molar-refractivity contribution in [3.05, 3.63) is 65.4 Å². The number of methoxy groups -OCH3 is 1. The number of ether oxygens (including phenoxy) is 1. The second kappa shape index (κ2) is 7.17. The van der Waals surface area contributed by atoms with E-state index in [2.05, 4.69) is 22.0 Å². The summed E-state index contributed by atoms with van der Waals surface area (Å²) in [6, 6.07) is 16.4. The minimum atomic E-state index is -0.261. The topological polar surface area (TPSA) is 65.6 Å². The van der Waals surface area contributed by atoms with Gasteiger partial charge in [-0.1, -0.05) is 30.3 Å². The van der Waals surface area contributed by atoms with Crippen LogP contribution in [0.4, 0.5) is 0 Å². The number of nitrogens with one attached hydrogen (secondary N) is 1. The lowest BCUT2D eigenvalue weighted by atomic mass is 9.70. The van der Waals surface area contributed by atoms with Gasteiger partial charge in [-0.25, -0.2) is 0 Å². The second-order valence-electron chi connectivity index (χ2n) is 8.88. The molecule has 30 heavy (non-hydrogen) atoms. The number of aromatic amines is 1. The van der Waals surface area contributed by atoms with Gasteiger partial charge in [0.1, 0.15) is 11.4 Å². The third-order valence-corrected chi connectivity index (χ3v) is 7.28. The molecular formula is C25H28N2O3. The molecule has 5 heteroatoms. The number of aromatic nitrogens is 1. The van der Waals surface area contributed by atoms with E-state index < -0.39 is 0 Å². The van der Waals surface area contributed by atoms with Crippen LogP contribution in [0.15, 0.2) is 48.5 Å². The smallest absolute Gasteiger partial charge is 0.271 e. The highest BCUT2D eigenvalue weighted by atomic mass is 16.5. The Morgan fingerprint density at radius 1 is 1.23 bits per heavy atom. The molecule has 2 N–H and O–H groups in total. The number of benzene rings is 2. The predicted molar refractivity (Wildman–Crippen MR) is 117 cm³/mol. The number of aliphatic hydroxyl groups is 1. The standard InChI is InChI=1S/C25H28N2O3/c1-16-20-12-19(30-2)9-10-21(20)26-23(16)24(29)27-18-8-11-22(27)25(14-18,15-28)13-17-6-4-3-5-7-17/h3-7,9-10,12,18,22,26,28H,8,11,13-15H2,1-2H3/t18-,22+,25-/m0/s1. The summed E-state index contributed by atoms with van der Waals surface area (Å²) in [6.07, 6.45) is 3.64. The van der Waals surface area contributed by atoms with E-state index in [0.717, 1.165) is 47.9 Å². The molecule has 2 aliphatic rings. The molecule has 1 amide bonds. The van der Waals surface area contributed by atoms with Gasteiger partial charge in [0.05, 0.1) is 13.7 Å². The first-order chi connectivity index (χ1) is 14.6. The lowest BCUT2D eigenvalue weighted by molar-refractivity contribution is 0.0567. The molecule has 156 valence electrons. The van der Waals surface area contributed by atoms with E-state index in [9.17, 15) is 9.90 Å². The highest BCUT2D eigenvalue weighted by molar-refractivity contribution is 6.01. The Labute approximate surface area is 176 Å². The van der Waals surface area contributed by atoms with Crippen molar-refractivity contribution < 1.29 is 14.6 Å². The minimum Gasteiger partial charge on any atom is -0.497 e. The lowest BCUT2D eigenvalue weighted by Crippen LogP contribution is -2.44. The summed E-state index contributed by atoms with van der Waals surface area (Å²) in [7, 11) is 1.65. The summed E-state index contributed by atoms with van der Waals surface area (Å²) in [5.41, 5.74) is 3.52. The minimum absolute atomic E-state index is 0.0542. The molecule has 0 unspecified atom stereocenters. The number of nitrogens with zero attached hydrogens (tertiary/aromatic N) is 1. The zero-order valence-electron chi connectivity index (χ0n) is 17.5. The van der Waals surface area contributed by atoms with E-state index in [1.807, 2.05) is 43.3 Å². The molecule has 1 aromatic heterocycles. The van der Waals surface area contributed by atoms with Crippen molar-refractivity contribution >= 4 is 16.8 Å². The molecule has 2 aliphatic heterocycles. The van der Waals surface area contributed by atoms with Crippen LogP contribution in [-0.2, 0) is 6.42 Å². The number of hydrogen-bond acceptors (Lipinski definition) is 3. The molecule has 2 aromatic carbocycles. The van der Waals surface area contributed by atoms with Gasteiger partial charge in [0.25, 0.3) is 5.91 Å². The maximum atomic E-state index is 13.7. The summed E-state index contributed by atoms with van der Waals surface area (Å²) in [5.74, 6) is 0.838. The maximum absolute atomic E-state index is 13.7. The molecule has 3 aromatic rings. The van der Waals surface area contributed by atoms with Gasteiger partial charge in [0.15, 0.2) is 0 Å². The quantitative estimate of drug-likeness (QED) is 0.673. The fourth-order valence-corrected chi connectivity index (χ4v) is 5.79. The van der Waals surface area contributed by atoms with Crippen LogP contribution in [0.1, 0.15) is 40.9 Å². The summed E-state index contributed by atoms with van der Waals surface area (Å²) in [5, 5.41) is 11.5. The Morgan fingerprint density at radius 3 is 2.77 bits per heavy atom. The third kappa shape index (κ3) is 2.83. The van der Waals surface area contributed by atoms with Crippen molar-refractivity contribution in [3.8, 4) is 5.75 Å². The fraction of sp³-hybridized carbons (Fsp3) is 0.400. The first kappa shape index (κ1) is 19.2. The molecule has 0 saturated carbocycles. The lowest BCUT2D eigenvalue weighted by Gasteiger charge is -2.36. The van der Waals surface area contributed by atoms with Crippen molar-refractivity contribution in [1.82, 2.24) is 9.88 Å². The average molecular weight is 405 g/mol. The Balaban J connectivity index is 1.48. The molecule has 3 heterocycles. The summed E-state index contributed by atoms with van der Waals surface area (Å²) in [4.78, 5) is 19.1. The summed E-state index contributed by atoms with van der Waals surface area (Å²) < 4.78 is 5.35. The van der Waals surface area contributed by atoms with Crippen molar-refractivity contribution in [2.45, 2.75) is 44.7 Å². The van der Waals surface area contributed by atoms with Gasteiger partial charge >= 0.3 is 0 Å². The number of H-pyrrole nitrogens is 1. The fourth-order valence-electron chi connectivity index (χ4n) is 5.79. The number of aryl methyl sites for hydroxylation is 1. The highest BCUT2D eigenvalue weighted by Crippen LogP contribution is 2.52. The van der Waals surface area contributed by atoms with Crippen molar-refractivity contribution in [2.75, 3.05) is 13.7 Å². The molecule has 2 saturated heterocycles. The molecule has 5 nitrogen and oxygen atoms in total. The molecular weight excluding hydrogens is 376 g/mol. The normalized spacial score (nSPS) is 25.2. The van der Waals surface area contributed by atoms with Crippen molar-refractivity contribution in [1.29, 1.82) is 0 Å². The summed E-state index contributed by atoms with van der Waals surface area (Å²) >= 11 is 0. The molecule has 3 atom stereocenters. The monoisotopic (exact) mass is 404 g/mol. The van der Waals surface area contributed by atoms with Gasteiger partial charge in [0.2, 0.25) is 0 Å². The van der Waals surface area contributed by atoms with Gasteiger partial charge < -0.3 is 19.7 Å². The number of aliphatic hydroxyl groups excluding tert-OH is 1. The molecule has 2 bridgehead atoms. The molecule has 0 spiro atoms. The number of amides is 1. The Morgan fingerprint density at radius 2 is 2.03 bits per heavy atom. The first-order valence-corrected chi connectivity index (χ1v) is 10.7. The number of carbonyl (C=O) groups is 1. The number of rotatable bonds is 5.